The lowest BCUT2D eigenvalue weighted by Gasteiger charge is -2.47. The number of halogens is 1. The molecular weight excluding hydrogens is 332 g/mol. The van der Waals surface area contributed by atoms with E-state index < -0.39 is 21.7 Å². The van der Waals surface area contributed by atoms with Gasteiger partial charge in [0.05, 0.1) is 21.7 Å². The average molecular weight is 357 g/mol. The maximum absolute atomic E-state index is 11.5. The van der Waals surface area contributed by atoms with Crippen LogP contribution in [0.15, 0.2) is 0 Å². The summed E-state index contributed by atoms with van der Waals surface area (Å²) in [5, 5.41) is 14.7. The highest BCUT2D eigenvalue weighted by Crippen LogP contribution is 2.58. The SMILES string of the molecule is Cc1nc(Cl)nc(NC2(C)C(C)(C)OC(C)(C)C2(C)C)c1[N+](=O)[O-]. The molecule has 8 heteroatoms. The van der Waals surface area contributed by atoms with Crippen molar-refractivity contribution in [2.75, 3.05) is 5.32 Å². The Bertz CT molecular complexity index is 703. The van der Waals surface area contributed by atoms with Crippen LogP contribution in [0.4, 0.5) is 11.5 Å². The van der Waals surface area contributed by atoms with Crippen LogP contribution in [0.5, 0.6) is 0 Å². The molecule has 0 radical (unpaired) electrons. The fraction of sp³-hybridized carbons (Fsp3) is 0.750. The number of nitrogens with one attached hydrogen (secondary N) is 1. The summed E-state index contributed by atoms with van der Waals surface area (Å²) in [7, 11) is 0. The van der Waals surface area contributed by atoms with E-state index in [1.807, 2.05) is 34.6 Å². The summed E-state index contributed by atoms with van der Waals surface area (Å²) in [6, 6.07) is 0. The average Bonchev–Trinajstić information content (AvgIpc) is 2.42. The third-order valence-corrected chi connectivity index (χ3v) is 6.22. The zero-order valence-corrected chi connectivity index (χ0v) is 16.2. The van der Waals surface area contributed by atoms with Crippen LogP contribution in [-0.4, -0.2) is 31.6 Å². The quantitative estimate of drug-likeness (QED) is 0.497. The maximum atomic E-state index is 11.5. The first-order chi connectivity index (χ1) is 10.7. The summed E-state index contributed by atoms with van der Waals surface area (Å²) in [4.78, 5) is 19.0. The maximum Gasteiger partial charge on any atom is 0.332 e. The van der Waals surface area contributed by atoms with Gasteiger partial charge in [-0.3, -0.25) is 10.1 Å². The Morgan fingerprint density at radius 2 is 1.62 bits per heavy atom. The first-order valence-electron chi connectivity index (χ1n) is 7.83. The molecule has 1 aromatic rings. The Balaban J connectivity index is 2.64. The molecule has 2 heterocycles. The topological polar surface area (TPSA) is 90.2 Å². The number of hydrogen-bond acceptors (Lipinski definition) is 6. The third kappa shape index (κ3) is 2.45. The number of nitrogens with zero attached hydrogens (tertiary/aromatic N) is 3. The van der Waals surface area contributed by atoms with E-state index in [1.165, 1.54) is 0 Å². The molecule has 1 aromatic heterocycles. The summed E-state index contributed by atoms with van der Waals surface area (Å²) in [6.45, 7) is 15.7. The lowest BCUT2D eigenvalue weighted by atomic mass is 9.61. The smallest absolute Gasteiger partial charge is 0.332 e. The molecular formula is C16H25ClN4O3. The Morgan fingerprint density at radius 3 is 2.04 bits per heavy atom. The van der Waals surface area contributed by atoms with Crippen molar-refractivity contribution in [3.63, 3.8) is 0 Å². The Kier molecular flexibility index (Phi) is 4.14. The number of aryl methyl sites for hydroxylation is 1. The van der Waals surface area contributed by atoms with E-state index in [2.05, 4.69) is 29.1 Å². The second-order valence-corrected chi connectivity index (χ2v) is 8.37. The molecule has 1 N–H and O–H groups in total. The number of hydrogen-bond donors (Lipinski definition) is 1. The van der Waals surface area contributed by atoms with E-state index in [-0.39, 0.29) is 27.9 Å². The first-order valence-corrected chi connectivity index (χ1v) is 8.21. The van der Waals surface area contributed by atoms with Gasteiger partial charge in [0.2, 0.25) is 11.1 Å². The van der Waals surface area contributed by atoms with Crippen molar-refractivity contribution in [2.24, 2.45) is 5.41 Å². The van der Waals surface area contributed by atoms with Crippen molar-refractivity contribution in [2.45, 2.75) is 72.1 Å². The van der Waals surface area contributed by atoms with E-state index in [4.69, 9.17) is 16.3 Å². The van der Waals surface area contributed by atoms with Gasteiger partial charge in [0.1, 0.15) is 5.69 Å². The molecule has 134 valence electrons. The fourth-order valence-electron chi connectivity index (χ4n) is 3.60. The number of ether oxygens (including phenoxy) is 1. The molecule has 2 rings (SSSR count). The monoisotopic (exact) mass is 356 g/mol. The van der Waals surface area contributed by atoms with E-state index in [9.17, 15) is 10.1 Å². The van der Waals surface area contributed by atoms with Gasteiger partial charge in [-0.25, -0.2) is 4.98 Å². The number of anilines is 1. The van der Waals surface area contributed by atoms with Gasteiger partial charge >= 0.3 is 5.69 Å². The van der Waals surface area contributed by atoms with E-state index >= 15 is 0 Å². The van der Waals surface area contributed by atoms with Crippen LogP contribution >= 0.6 is 11.6 Å². The third-order valence-electron chi connectivity index (χ3n) is 6.05. The fourth-order valence-corrected chi connectivity index (χ4v) is 3.82. The predicted molar refractivity (Wildman–Crippen MR) is 93.5 cm³/mol. The highest BCUT2D eigenvalue weighted by Gasteiger charge is 2.67. The van der Waals surface area contributed by atoms with Gasteiger partial charge in [0.25, 0.3) is 0 Å². The minimum Gasteiger partial charge on any atom is -0.367 e. The molecule has 0 amide bonds. The molecule has 0 aliphatic carbocycles. The van der Waals surface area contributed by atoms with E-state index in [0.29, 0.717) is 0 Å². The molecule has 1 atom stereocenters. The normalized spacial score (nSPS) is 27.0. The van der Waals surface area contributed by atoms with Gasteiger partial charge in [-0.05, 0) is 53.1 Å². The molecule has 1 fully saturated rings. The molecule has 1 saturated heterocycles. The molecule has 0 bridgehead atoms. The molecule has 1 aliphatic rings. The lowest BCUT2D eigenvalue weighted by Crippen LogP contribution is -2.59. The minimum absolute atomic E-state index is 0.0296. The molecule has 1 aliphatic heterocycles. The highest BCUT2D eigenvalue weighted by molar-refractivity contribution is 6.28. The summed E-state index contributed by atoms with van der Waals surface area (Å²) < 4.78 is 6.29. The molecule has 24 heavy (non-hydrogen) atoms. The van der Waals surface area contributed by atoms with Crippen LogP contribution in [0.1, 0.15) is 54.2 Å². The Morgan fingerprint density at radius 1 is 1.08 bits per heavy atom. The van der Waals surface area contributed by atoms with Gasteiger partial charge in [-0.1, -0.05) is 13.8 Å². The van der Waals surface area contributed by atoms with Gasteiger partial charge < -0.3 is 10.1 Å². The van der Waals surface area contributed by atoms with Gasteiger partial charge in [-0.15, -0.1) is 0 Å². The molecule has 0 saturated carbocycles. The second-order valence-electron chi connectivity index (χ2n) is 8.03. The van der Waals surface area contributed by atoms with Gasteiger partial charge in [-0.2, -0.15) is 4.98 Å². The van der Waals surface area contributed by atoms with Gasteiger partial charge in [0, 0.05) is 5.41 Å². The number of rotatable bonds is 3. The van der Waals surface area contributed by atoms with Gasteiger partial charge in [0.15, 0.2) is 0 Å². The Hall–Kier alpha value is -1.47. The highest BCUT2D eigenvalue weighted by atomic mass is 35.5. The summed E-state index contributed by atoms with van der Waals surface area (Å²) >= 11 is 5.94. The van der Waals surface area contributed by atoms with E-state index in [0.717, 1.165) is 0 Å². The lowest BCUT2D eigenvalue weighted by molar-refractivity contribution is -0.385. The summed E-state index contributed by atoms with van der Waals surface area (Å²) in [6.07, 6.45) is 0. The second kappa shape index (κ2) is 5.26. The standard InChI is InChI=1S/C16H25ClN4O3/c1-9-10(21(22)23)11(19-12(17)18-9)20-16(8)13(2,3)14(4,5)24-15(16,6)7/h1-8H3,(H,18,19,20). The zero-order valence-electron chi connectivity index (χ0n) is 15.4. The summed E-state index contributed by atoms with van der Waals surface area (Å²) in [5.41, 5.74) is -1.99. The van der Waals surface area contributed by atoms with Crippen LogP contribution in [0.3, 0.4) is 0 Å². The number of nitro groups is 1. The zero-order chi connectivity index (χ0) is 18.7. The van der Waals surface area contributed by atoms with Crippen LogP contribution < -0.4 is 5.32 Å². The van der Waals surface area contributed by atoms with Crippen molar-refractivity contribution in [1.82, 2.24) is 9.97 Å². The Labute approximate surface area is 147 Å². The van der Waals surface area contributed by atoms with Crippen LogP contribution in [-0.2, 0) is 4.74 Å². The largest absolute Gasteiger partial charge is 0.367 e. The molecule has 0 aromatic carbocycles. The van der Waals surface area contributed by atoms with Crippen molar-refractivity contribution in [3.05, 3.63) is 21.1 Å². The minimum atomic E-state index is -0.640. The summed E-state index contributed by atoms with van der Waals surface area (Å²) in [5.74, 6) is 0.113. The van der Waals surface area contributed by atoms with Crippen molar-refractivity contribution < 1.29 is 9.66 Å². The molecule has 7 nitrogen and oxygen atoms in total. The number of aromatic nitrogens is 2. The molecule has 1 unspecified atom stereocenters. The molecule has 0 spiro atoms. The van der Waals surface area contributed by atoms with Crippen molar-refractivity contribution >= 4 is 23.1 Å². The predicted octanol–water partition coefficient (Wildman–Crippen LogP) is 4.13. The van der Waals surface area contributed by atoms with Crippen LogP contribution in [0, 0.1) is 22.5 Å². The van der Waals surface area contributed by atoms with Crippen molar-refractivity contribution in [1.29, 1.82) is 0 Å². The van der Waals surface area contributed by atoms with Crippen LogP contribution in [0.25, 0.3) is 0 Å². The van der Waals surface area contributed by atoms with Crippen LogP contribution in [0.2, 0.25) is 5.28 Å². The van der Waals surface area contributed by atoms with Crippen molar-refractivity contribution in [3.8, 4) is 0 Å². The van der Waals surface area contributed by atoms with E-state index in [1.54, 1.807) is 6.92 Å². The first kappa shape index (κ1) is 18.9.